The van der Waals surface area contributed by atoms with E-state index in [0.29, 0.717) is 18.7 Å². The second-order valence-corrected chi connectivity index (χ2v) is 6.19. The van der Waals surface area contributed by atoms with Gasteiger partial charge >= 0.3 is 12.0 Å². The Morgan fingerprint density at radius 2 is 1.88 bits per heavy atom. The summed E-state index contributed by atoms with van der Waals surface area (Å²) in [5.74, 6) is -1.09. The summed E-state index contributed by atoms with van der Waals surface area (Å²) in [5, 5.41) is 17.1. The van der Waals surface area contributed by atoms with Crippen molar-refractivity contribution < 1.29 is 23.9 Å². The minimum atomic E-state index is -1.14. The number of urea groups is 1. The van der Waals surface area contributed by atoms with E-state index in [0.717, 1.165) is 25.7 Å². The van der Waals surface area contributed by atoms with Crippen LogP contribution in [0.3, 0.4) is 0 Å². The van der Waals surface area contributed by atoms with Crippen LogP contribution in [0.4, 0.5) is 4.79 Å². The van der Waals surface area contributed by atoms with Gasteiger partial charge in [-0.1, -0.05) is 19.3 Å². The van der Waals surface area contributed by atoms with Gasteiger partial charge in [0.05, 0.1) is 6.54 Å². The lowest BCUT2D eigenvalue weighted by atomic mass is 9.96. The van der Waals surface area contributed by atoms with Crippen molar-refractivity contribution in [3.8, 4) is 0 Å². The van der Waals surface area contributed by atoms with Crippen LogP contribution >= 0.6 is 0 Å². The number of hydrogen-bond donors (Lipinski definition) is 4. The lowest BCUT2D eigenvalue weighted by Gasteiger charge is -2.22. The van der Waals surface area contributed by atoms with E-state index in [1.807, 2.05) is 0 Å². The Morgan fingerprint density at radius 3 is 2.56 bits per heavy atom. The molecular formula is C17H25N3O5. The number of hydrogen-bond acceptors (Lipinski definition) is 4. The molecule has 138 valence electrons. The fourth-order valence-corrected chi connectivity index (χ4v) is 2.80. The third kappa shape index (κ3) is 6.86. The molecule has 0 bridgehead atoms. The van der Waals surface area contributed by atoms with E-state index in [2.05, 4.69) is 16.0 Å². The van der Waals surface area contributed by atoms with Crippen molar-refractivity contribution in [2.45, 2.75) is 57.5 Å². The second-order valence-electron chi connectivity index (χ2n) is 6.19. The van der Waals surface area contributed by atoms with E-state index in [-0.39, 0.29) is 36.7 Å². The van der Waals surface area contributed by atoms with Gasteiger partial charge in [-0.15, -0.1) is 0 Å². The molecule has 4 N–H and O–H groups in total. The normalized spacial score (nSPS) is 14.7. The molecule has 0 unspecified atom stereocenters. The van der Waals surface area contributed by atoms with Crippen molar-refractivity contribution in [2.24, 2.45) is 0 Å². The first-order chi connectivity index (χ1) is 12.0. The zero-order chi connectivity index (χ0) is 18.1. The van der Waals surface area contributed by atoms with Crippen LogP contribution in [0.25, 0.3) is 0 Å². The van der Waals surface area contributed by atoms with Crippen molar-refractivity contribution in [1.29, 1.82) is 0 Å². The maximum Gasteiger partial charge on any atom is 0.371 e. The zero-order valence-corrected chi connectivity index (χ0v) is 14.2. The van der Waals surface area contributed by atoms with Crippen molar-refractivity contribution in [3.05, 3.63) is 23.7 Å². The Labute approximate surface area is 146 Å². The van der Waals surface area contributed by atoms with Gasteiger partial charge in [0, 0.05) is 19.0 Å². The Bertz CT molecular complexity index is 593. The largest absolute Gasteiger partial charge is 0.475 e. The van der Waals surface area contributed by atoms with E-state index in [1.165, 1.54) is 18.6 Å². The van der Waals surface area contributed by atoms with Crippen molar-refractivity contribution in [1.82, 2.24) is 16.0 Å². The molecule has 0 radical (unpaired) electrons. The van der Waals surface area contributed by atoms with Gasteiger partial charge in [-0.05, 0) is 31.4 Å². The molecule has 25 heavy (non-hydrogen) atoms. The predicted molar refractivity (Wildman–Crippen MR) is 90.2 cm³/mol. The van der Waals surface area contributed by atoms with Crippen molar-refractivity contribution >= 4 is 17.9 Å². The molecule has 8 nitrogen and oxygen atoms in total. The molecule has 2 rings (SSSR count). The number of aromatic carboxylic acids is 1. The maximum atomic E-state index is 11.7. The fourth-order valence-electron chi connectivity index (χ4n) is 2.80. The van der Waals surface area contributed by atoms with Crippen LogP contribution < -0.4 is 16.0 Å². The molecule has 3 amide bonds. The Kier molecular flexibility index (Phi) is 7.31. The molecule has 0 aliphatic heterocycles. The average molecular weight is 351 g/mol. The third-order valence-corrected chi connectivity index (χ3v) is 4.14. The monoisotopic (exact) mass is 351 g/mol. The van der Waals surface area contributed by atoms with Gasteiger partial charge in [0.15, 0.2) is 0 Å². The molecule has 0 saturated heterocycles. The number of carbonyl (C=O) groups excluding carboxylic acids is 2. The molecule has 1 fully saturated rings. The number of carboxylic acid groups (broad SMARTS) is 1. The lowest BCUT2D eigenvalue weighted by molar-refractivity contribution is -0.121. The number of carboxylic acids is 1. The number of carbonyl (C=O) groups is 3. The van der Waals surface area contributed by atoms with Crippen LogP contribution in [0.1, 0.15) is 61.3 Å². The van der Waals surface area contributed by atoms with Gasteiger partial charge in [0.2, 0.25) is 11.7 Å². The number of nitrogens with one attached hydrogen (secondary N) is 3. The molecule has 1 aromatic rings. The first kappa shape index (κ1) is 18.8. The van der Waals surface area contributed by atoms with Gasteiger partial charge in [-0.2, -0.15) is 0 Å². The minimum absolute atomic E-state index is 0.141. The van der Waals surface area contributed by atoms with E-state index in [9.17, 15) is 14.4 Å². The van der Waals surface area contributed by atoms with Crippen molar-refractivity contribution in [2.75, 3.05) is 6.54 Å². The topological polar surface area (TPSA) is 121 Å². The van der Waals surface area contributed by atoms with Gasteiger partial charge < -0.3 is 25.5 Å². The summed E-state index contributed by atoms with van der Waals surface area (Å²) in [6.07, 6.45) is 6.44. The third-order valence-electron chi connectivity index (χ3n) is 4.14. The van der Waals surface area contributed by atoms with E-state index < -0.39 is 5.97 Å². The highest BCUT2D eigenvalue weighted by molar-refractivity contribution is 5.84. The average Bonchev–Trinajstić information content (AvgIpc) is 3.07. The molecule has 8 heteroatoms. The highest BCUT2D eigenvalue weighted by atomic mass is 16.4. The Morgan fingerprint density at radius 1 is 1.12 bits per heavy atom. The summed E-state index contributed by atoms with van der Waals surface area (Å²) < 4.78 is 5.05. The molecule has 1 saturated carbocycles. The highest BCUT2D eigenvalue weighted by Gasteiger charge is 2.15. The summed E-state index contributed by atoms with van der Waals surface area (Å²) in [7, 11) is 0. The highest BCUT2D eigenvalue weighted by Crippen LogP contribution is 2.17. The molecule has 1 aliphatic carbocycles. The standard InChI is InChI=1S/C17H25N3O5/c21-15(19-11-13-8-9-14(25-13)16(22)23)7-4-10-18-17(24)20-12-5-2-1-3-6-12/h8-9,12H,1-7,10-11H2,(H,19,21)(H,22,23)(H2,18,20,24). The minimum Gasteiger partial charge on any atom is -0.475 e. The van der Waals surface area contributed by atoms with Gasteiger partial charge in [0.25, 0.3) is 0 Å². The zero-order valence-electron chi connectivity index (χ0n) is 14.2. The molecular weight excluding hydrogens is 326 g/mol. The summed E-state index contributed by atoms with van der Waals surface area (Å²) in [6.45, 7) is 0.567. The number of amides is 3. The van der Waals surface area contributed by atoms with E-state index in [1.54, 1.807) is 0 Å². The SMILES string of the molecule is O=C(CCCNC(=O)NC1CCCCC1)NCc1ccc(C(=O)O)o1. The lowest BCUT2D eigenvalue weighted by Crippen LogP contribution is -2.43. The first-order valence-electron chi connectivity index (χ1n) is 8.67. The van der Waals surface area contributed by atoms with Crippen LogP contribution in [-0.2, 0) is 11.3 Å². The van der Waals surface area contributed by atoms with E-state index in [4.69, 9.17) is 9.52 Å². The molecule has 0 atom stereocenters. The summed E-state index contributed by atoms with van der Waals surface area (Å²) in [6, 6.07) is 2.95. The molecule has 1 aromatic heterocycles. The quantitative estimate of drug-likeness (QED) is 0.534. The predicted octanol–water partition coefficient (Wildman–Crippen LogP) is 2.01. The summed E-state index contributed by atoms with van der Waals surface area (Å²) >= 11 is 0. The van der Waals surface area contributed by atoms with Gasteiger partial charge in [0.1, 0.15) is 5.76 Å². The molecule has 1 heterocycles. The molecule has 0 spiro atoms. The van der Waals surface area contributed by atoms with Crippen LogP contribution in [-0.4, -0.2) is 35.6 Å². The van der Waals surface area contributed by atoms with E-state index >= 15 is 0 Å². The number of furan rings is 1. The van der Waals surface area contributed by atoms with Crippen LogP contribution in [0.15, 0.2) is 16.5 Å². The van der Waals surface area contributed by atoms with Crippen LogP contribution in [0.2, 0.25) is 0 Å². The Hall–Kier alpha value is -2.51. The van der Waals surface area contributed by atoms with Gasteiger partial charge in [-0.25, -0.2) is 9.59 Å². The van der Waals surface area contributed by atoms with Gasteiger partial charge in [-0.3, -0.25) is 4.79 Å². The second kappa shape index (κ2) is 9.71. The first-order valence-corrected chi connectivity index (χ1v) is 8.67. The molecule has 1 aliphatic rings. The maximum absolute atomic E-state index is 11.7. The van der Waals surface area contributed by atoms with Crippen LogP contribution in [0.5, 0.6) is 0 Å². The summed E-state index contributed by atoms with van der Waals surface area (Å²) in [5.41, 5.74) is 0. The summed E-state index contributed by atoms with van der Waals surface area (Å²) in [4.78, 5) is 34.1. The number of rotatable bonds is 8. The Balaban J connectivity index is 1.54. The van der Waals surface area contributed by atoms with Crippen molar-refractivity contribution in [3.63, 3.8) is 0 Å². The van der Waals surface area contributed by atoms with Crippen LogP contribution in [0, 0.1) is 0 Å². The fraction of sp³-hybridized carbons (Fsp3) is 0.588. The smallest absolute Gasteiger partial charge is 0.371 e. The molecule has 0 aromatic carbocycles.